The standard InChI is InChI=1S/C11H21NO3/c1-4-8-12(9(2)3)10(13)6-5-7-11(14)15/h9H,4-8H2,1-3H3,(H,14,15). The monoisotopic (exact) mass is 215 g/mol. The van der Waals surface area contributed by atoms with E-state index >= 15 is 0 Å². The zero-order chi connectivity index (χ0) is 11.8. The minimum atomic E-state index is -0.839. The first-order chi connectivity index (χ1) is 6.99. The van der Waals surface area contributed by atoms with Gasteiger partial charge in [0.25, 0.3) is 0 Å². The Kier molecular flexibility index (Phi) is 6.75. The van der Waals surface area contributed by atoms with E-state index in [4.69, 9.17) is 5.11 Å². The minimum Gasteiger partial charge on any atom is -0.481 e. The third kappa shape index (κ3) is 6.10. The molecule has 0 aromatic carbocycles. The van der Waals surface area contributed by atoms with Crippen molar-refractivity contribution >= 4 is 11.9 Å². The largest absolute Gasteiger partial charge is 0.481 e. The van der Waals surface area contributed by atoms with Gasteiger partial charge in [0, 0.05) is 25.4 Å². The molecule has 0 aromatic heterocycles. The molecule has 4 heteroatoms. The van der Waals surface area contributed by atoms with Crippen LogP contribution in [0.2, 0.25) is 0 Å². The minimum absolute atomic E-state index is 0.0631. The summed E-state index contributed by atoms with van der Waals surface area (Å²) in [6.07, 6.45) is 1.78. The zero-order valence-corrected chi connectivity index (χ0v) is 9.82. The van der Waals surface area contributed by atoms with E-state index in [9.17, 15) is 9.59 Å². The molecule has 0 saturated heterocycles. The van der Waals surface area contributed by atoms with Crippen molar-refractivity contribution in [2.45, 2.75) is 52.5 Å². The highest BCUT2D eigenvalue weighted by molar-refractivity contribution is 5.77. The Morgan fingerprint density at radius 3 is 2.27 bits per heavy atom. The van der Waals surface area contributed by atoms with E-state index in [1.54, 1.807) is 0 Å². The Balaban J connectivity index is 3.97. The van der Waals surface area contributed by atoms with Crippen LogP contribution >= 0.6 is 0 Å². The summed E-state index contributed by atoms with van der Waals surface area (Å²) in [5.41, 5.74) is 0. The molecule has 0 fully saturated rings. The molecule has 0 radical (unpaired) electrons. The summed E-state index contributed by atoms with van der Waals surface area (Å²) in [7, 11) is 0. The fraction of sp³-hybridized carbons (Fsp3) is 0.818. The molecule has 0 aliphatic heterocycles. The van der Waals surface area contributed by atoms with Gasteiger partial charge >= 0.3 is 5.97 Å². The molecule has 0 bridgehead atoms. The van der Waals surface area contributed by atoms with E-state index in [2.05, 4.69) is 0 Å². The molecule has 0 aliphatic carbocycles. The Labute approximate surface area is 91.3 Å². The average molecular weight is 215 g/mol. The van der Waals surface area contributed by atoms with Crippen LogP contribution in [-0.2, 0) is 9.59 Å². The van der Waals surface area contributed by atoms with Crippen LogP contribution in [0.25, 0.3) is 0 Å². The van der Waals surface area contributed by atoms with Crippen LogP contribution in [0.1, 0.15) is 46.5 Å². The van der Waals surface area contributed by atoms with E-state index in [-0.39, 0.29) is 18.4 Å². The number of nitrogens with zero attached hydrogens (tertiary/aromatic N) is 1. The van der Waals surface area contributed by atoms with Crippen LogP contribution in [0, 0.1) is 0 Å². The number of hydrogen-bond acceptors (Lipinski definition) is 2. The summed E-state index contributed by atoms with van der Waals surface area (Å²) in [5, 5.41) is 8.45. The predicted molar refractivity (Wildman–Crippen MR) is 58.6 cm³/mol. The number of carboxylic acids is 1. The summed E-state index contributed by atoms with van der Waals surface area (Å²) < 4.78 is 0. The number of carbonyl (C=O) groups excluding carboxylic acids is 1. The molecule has 4 nitrogen and oxygen atoms in total. The highest BCUT2D eigenvalue weighted by Gasteiger charge is 2.15. The normalized spacial score (nSPS) is 10.4. The van der Waals surface area contributed by atoms with Gasteiger partial charge in [-0.05, 0) is 26.7 Å². The van der Waals surface area contributed by atoms with Crippen LogP contribution < -0.4 is 0 Å². The van der Waals surface area contributed by atoms with Gasteiger partial charge in [-0.15, -0.1) is 0 Å². The van der Waals surface area contributed by atoms with Gasteiger partial charge in [-0.3, -0.25) is 9.59 Å². The second-order valence-corrected chi connectivity index (χ2v) is 3.93. The maximum absolute atomic E-state index is 11.7. The van der Waals surface area contributed by atoms with Crippen molar-refractivity contribution in [2.75, 3.05) is 6.54 Å². The molecule has 0 rings (SSSR count). The zero-order valence-electron chi connectivity index (χ0n) is 9.82. The lowest BCUT2D eigenvalue weighted by Gasteiger charge is -2.26. The van der Waals surface area contributed by atoms with Crippen molar-refractivity contribution in [3.05, 3.63) is 0 Å². The van der Waals surface area contributed by atoms with E-state index in [1.165, 1.54) is 0 Å². The smallest absolute Gasteiger partial charge is 0.303 e. The lowest BCUT2D eigenvalue weighted by molar-refractivity contribution is -0.137. The number of aliphatic carboxylic acids is 1. The second-order valence-electron chi connectivity index (χ2n) is 3.93. The molecule has 0 atom stereocenters. The molecule has 0 aliphatic rings. The quantitative estimate of drug-likeness (QED) is 0.705. The van der Waals surface area contributed by atoms with E-state index < -0.39 is 5.97 Å². The lowest BCUT2D eigenvalue weighted by Crippen LogP contribution is -2.37. The van der Waals surface area contributed by atoms with Crippen LogP contribution in [-0.4, -0.2) is 34.5 Å². The van der Waals surface area contributed by atoms with Gasteiger partial charge in [0.05, 0.1) is 0 Å². The van der Waals surface area contributed by atoms with Crippen LogP contribution in [0.15, 0.2) is 0 Å². The van der Waals surface area contributed by atoms with Crippen LogP contribution in [0.4, 0.5) is 0 Å². The fourth-order valence-corrected chi connectivity index (χ4v) is 1.45. The summed E-state index contributed by atoms with van der Waals surface area (Å²) in [5.74, 6) is -0.775. The molecular weight excluding hydrogens is 194 g/mol. The molecule has 0 unspecified atom stereocenters. The molecule has 1 amide bonds. The Bertz CT molecular complexity index is 214. The predicted octanol–water partition coefficient (Wildman–Crippen LogP) is 1.89. The van der Waals surface area contributed by atoms with Gasteiger partial charge in [0.15, 0.2) is 0 Å². The van der Waals surface area contributed by atoms with Crippen molar-refractivity contribution in [2.24, 2.45) is 0 Å². The number of amides is 1. The molecule has 0 saturated carbocycles. The Hall–Kier alpha value is -1.06. The number of rotatable bonds is 7. The second kappa shape index (κ2) is 7.26. The third-order valence-corrected chi connectivity index (χ3v) is 2.19. The highest BCUT2D eigenvalue weighted by Crippen LogP contribution is 2.06. The van der Waals surface area contributed by atoms with Gasteiger partial charge in [0.1, 0.15) is 0 Å². The van der Waals surface area contributed by atoms with Crippen LogP contribution in [0.5, 0.6) is 0 Å². The summed E-state index contributed by atoms with van der Waals surface area (Å²) in [6, 6.07) is 0.197. The number of carbonyl (C=O) groups is 2. The van der Waals surface area contributed by atoms with Crippen molar-refractivity contribution in [1.82, 2.24) is 4.90 Å². The molecule has 88 valence electrons. The summed E-state index contributed by atoms with van der Waals surface area (Å²) in [4.78, 5) is 23.8. The number of hydrogen-bond donors (Lipinski definition) is 1. The van der Waals surface area contributed by atoms with Crippen molar-refractivity contribution in [1.29, 1.82) is 0 Å². The van der Waals surface area contributed by atoms with Crippen LogP contribution in [0.3, 0.4) is 0 Å². The average Bonchev–Trinajstić information content (AvgIpc) is 2.12. The van der Waals surface area contributed by atoms with Gasteiger partial charge in [-0.25, -0.2) is 0 Å². The first-order valence-corrected chi connectivity index (χ1v) is 5.50. The highest BCUT2D eigenvalue weighted by atomic mass is 16.4. The molecule has 0 spiro atoms. The summed E-state index contributed by atoms with van der Waals surface area (Å²) >= 11 is 0. The number of carboxylic acid groups (broad SMARTS) is 1. The van der Waals surface area contributed by atoms with Gasteiger partial charge < -0.3 is 10.0 Å². The van der Waals surface area contributed by atoms with Crippen molar-refractivity contribution < 1.29 is 14.7 Å². The molecular formula is C11H21NO3. The van der Waals surface area contributed by atoms with E-state index in [0.717, 1.165) is 13.0 Å². The Morgan fingerprint density at radius 2 is 1.87 bits per heavy atom. The van der Waals surface area contributed by atoms with E-state index in [0.29, 0.717) is 12.8 Å². The Morgan fingerprint density at radius 1 is 1.27 bits per heavy atom. The van der Waals surface area contributed by atoms with Gasteiger partial charge in [0.2, 0.25) is 5.91 Å². The molecule has 0 heterocycles. The van der Waals surface area contributed by atoms with E-state index in [1.807, 2.05) is 25.7 Å². The third-order valence-electron chi connectivity index (χ3n) is 2.19. The topological polar surface area (TPSA) is 57.6 Å². The van der Waals surface area contributed by atoms with Crippen molar-refractivity contribution in [3.8, 4) is 0 Å². The first-order valence-electron chi connectivity index (χ1n) is 5.50. The molecule has 1 N–H and O–H groups in total. The van der Waals surface area contributed by atoms with Crippen molar-refractivity contribution in [3.63, 3.8) is 0 Å². The SMILES string of the molecule is CCCN(C(=O)CCCC(=O)O)C(C)C. The molecule has 15 heavy (non-hydrogen) atoms. The van der Waals surface area contributed by atoms with Gasteiger partial charge in [-0.2, -0.15) is 0 Å². The fourth-order valence-electron chi connectivity index (χ4n) is 1.45. The first kappa shape index (κ1) is 13.9. The maximum atomic E-state index is 11.7. The van der Waals surface area contributed by atoms with Gasteiger partial charge in [-0.1, -0.05) is 6.92 Å². The summed E-state index contributed by atoms with van der Waals surface area (Å²) in [6.45, 7) is 6.74. The molecule has 0 aromatic rings. The lowest BCUT2D eigenvalue weighted by atomic mass is 10.2. The maximum Gasteiger partial charge on any atom is 0.303 e.